The molecule has 28 heavy (non-hydrogen) atoms. The highest BCUT2D eigenvalue weighted by Gasteiger charge is 2.15. The molecule has 0 aromatic heterocycles. The van der Waals surface area contributed by atoms with E-state index in [0.29, 0.717) is 17.3 Å². The number of rotatable bonds is 6. The van der Waals surface area contributed by atoms with Gasteiger partial charge in [-0.1, -0.05) is 12.1 Å². The number of anilines is 2. The first kappa shape index (κ1) is 20.7. The molecule has 0 spiro atoms. The van der Waals surface area contributed by atoms with Gasteiger partial charge in [0.05, 0.1) is 12.2 Å². The number of hydrogen-bond acceptors (Lipinski definition) is 3. The van der Waals surface area contributed by atoms with Crippen LogP contribution in [0.4, 0.5) is 29.3 Å². The standard InChI is InChI=1S/C18H17F3N4O3/c1-10(26)24-12-4-2-3-11(7-12)8-22-18(28)23-9-15(27)25-14-6-5-13(19)16(20)17(14)21/h2-7H,8-9H2,1H3,(H,24,26)(H,25,27)(H2,22,23,28). The zero-order valence-corrected chi connectivity index (χ0v) is 14.7. The maximum atomic E-state index is 13.5. The first-order valence-corrected chi connectivity index (χ1v) is 8.08. The average molecular weight is 394 g/mol. The molecule has 2 aromatic carbocycles. The van der Waals surface area contributed by atoms with Crippen molar-refractivity contribution in [3.63, 3.8) is 0 Å². The van der Waals surface area contributed by atoms with Gasteiger partial charge in [-0.25, -0.2) is 18.0 Å². The van der Waals surface area contributed by atoms with E-state index in [1.807, 2.05) is 5.32 Å². The topological polar surface area (TPSA) is 99.3 Å². The van der Waals surface area contributed by atoms with E-state index >= 15 is 0 Å². The number of halogens is 3. The van der Waals surface area contributed by atoms with Crippen molar-refractivity contribution in [3.8, 4) is 0 Å². The summed E-state index contributed by atoms with van der Waals surface area (Å²) in [6, 6.07) is 7.64. The summed E-state index contributed by atoms with van der Waals surface area (Å²) in [5.41, 5.74) is 0.732. The van der Waals surface area contributed by atoms with Crippen molar-refractivity contribution < 1.29 is 27.6 Å². The van der Waals surface area contributed by atoms with Crippen LogP contribution < -0.4 is 21.3 Å². The predicted molar refractivity (Wildman–Crippen MR) is 95.9 cm³/mol. The molecule has 0 radical (unpaired) electrons. The third kappa shape index (κ3) is 6.01. The van der Waals surface area contributed by atoms with Crippen LogP contribution >= 0.6 is 0 Å². The van der Waals surface area contributed by atoms with E-state index in [-0.39, 0.29) is 12.5 Å². The van der Waals surface area contributed by atoms with Gasteiger partial charge < -0.3 is 21.3 Å². The lowest BCUT2D eigenvalue weighted by Gasteiger charge is -2.10. The number of benzene rings is 2. The van der Waals surface area contributed by atoms with Crippen molar-refractivity contribution in [2.45, 2.75) is 13.5 Å². The van der Waals surface area contributed by atoms with Gasteiger partial charge in [-0.15, -0.1) is 0 Å². The third-order valence-corrected chi connectivity index (χ3v) is 3.42. The Hall–Kier alpha value is -3.56. The van der Waals surface area contributed by atoms with E-state index in [1.54, 1.807) is 24.3 Å². The lowest BCUT2D eigenvalue weighted by atomic mass is 10.2. The van der Waals surface area contributed by atoms with Crippen LogP contribution in [0, 0.1) is 17.5 Å². The second-order valence-corrected chi connectivity index (χ2v) is 5.69. The van der Waals surface area contributed by atoms with Gasteiger partial charge in [-0.3, -0.25) is 9.59 Å². The third-order valence-electron chi connectivity index (χ3n) is 3.42. The lowest BCUT2D eigenvalue weighted by molar-refractivity contribution is -0.115. The molecule has 2 rings (SSSR count). The molecular formula is C18H17F3N4O3. The van der Waals surface area contributed by atoms with Gasteiger partial charge in [0.2, 0.25) is 11.8 Å². The molecule has 0 fully saturated rings. The summed E-state index contributed by atoms with van der Waals surface area (Å²) >= 11 is 0. The molecule has 10 heteroatoms. The lowest BCUT2D eigenvalue weighted by Crippen LogP contribution is -2.39. The van der Waals surface area contributed by atoms with Gasteiger partial charge in [0, 0.05) is 19.2 Å². The van der Waals surface area contributed by atoms with Crippen LogP contribution in [-0.4, -0.2) is 24.4 Å². The van der Waals surface area contributed by atoms with Crippen molar-refractivity contribution in [2.75, 3.05) is 17.2 Å². The number of nitrogens with one attached hydrogen (secondary N) is 4. The zero-order chi connectivity index (χ0) is 20.7. The van der Waals surface area contributed by atoms with Gasteiger partial charge in [-0.05, 0) is 29.8 Å². The summed E-state index contributed by atoms with van der Waals surface area (Å²) in [5, 5.41) is 9.38. The largest absolute Gasteiger partial charge is 0.334 e. The van der Waals surface area contributed by atoms with Crippen molar-refractivity contribution in [1.29, 1.82) is 0 Å². The molecule has 0 bridgehead atoms. The van der Waals surface area contributed by atoms with E-state index in [0.717, 1.165) is 6.07 Å². The smallest absolute Gasteiger partial charge is 0.315 e. The van der Waals surface area contributed by atoms with Crippen LogP contribution in [0.2, 0.25) is 0 Å². The molecule has 148 valence electrons. The molecule has 0 aliphatic rings. The molecule has 2 aromatic rings. The Morgan fingerprint density at radius 2 is 1.68 bits per heavy atom. The Kier molecular flexibility index (Phi) is 6.96. The summed E-state index contributed by atoms with van der Waals surface area (Å²) in [5.74, 6) is -5.67. The Morgan fingerprint density at radius 1 is 0.929 bits per heavy atom. The second-order valence-electron chi connectivity index (χ2n) is 5.69. The molecule has 0 heterocycles. The van der Waals surface area contributed by atoms with Crippen LogP contribution in [0.3, 0.4) is 0 Å². The van der Waals surface area contributed by atoms with Crippen LogP contribution in [0.15, 0.2) is 36.4 Å². The van der Waals surface area contributed by atoms with Crippen molar-refractivity contribution in [3.05, 3.63) is 59.4 Å². The number of carbonyl (C=O) groups is 3. The highest BCUT2D eigenvalue weighted by Crippen LogP contribution is 2.19. The zero-order valence-electron chi connectivity index (χ0n) is 14.7. The molecule has 0 aliphatic carbocycles. The van der Waals surface area contributed by atoms with Gasteiger partial charge >= 0.3 is 6.03 Å². The fraction of sp³-hybridized carbons (Fsp3) is 0.167. The molecule has 0 saturated heterocycles. The average Bonchev–Trinajstić information content (AvgIpc) is 2.65. The van der Waals surface area contributed by atoms with Crippen molar-refractivity contribution >= 4 is 29.2 Å². The minimum atomic E-state index is -1.70. The summed E-state index contributed by atoms with van der Waals surface area (Å²) < 4.78 is 39.4. The van der Waals surface area contributed by atoms with Crippen LogP contribution in [0.1, 0.15) is 12.5 Å². The molecule has 4 N–H and O–H groups in total. The van der Waals surface area contributed by atoms with E-state index in [4.69, 9.17) is 0 Å². The molecule has 0 saturated carbocycles. The minimum absolute atomic E-state index is 0.124. The van der Waals surface area contributed by atoms with Gasteiger partial charge in [0.15, 0.2) is 17.5 Å². The summed E-state index contributed by atoms with van der Waals surface area (Å²) in [7, 11) is 0. The minimum Gasteiger partial charge on any atom is -0.334 e. The SMILES string of the molecule is CC(=O)Nc1cccc(CNC(=O)NCC(=O)Nc2ccc(F)c(F)c2F)c1. The predicted octanol–water partition coefficient (Wildman–Crippen LogP) is 2.50. The second kappa shape index (κ2) is 9.40. The number of carbonyl (C=O) groups excluding carboxylic acids is 3. The van der Waals surface area contributed by atoms with E-state index in [9.17, 15) is 27.6 Å². The highest BCUT2D eigenvalue weighted by atomic mass is 19.2. The summed E-state index contributed by atoms with van der Waals surface area (Å²) in [6.07, 6.45) is 0. The van der Waals surface area contributed by atoms with Gasteiger partial charge in [0.25, 0.3) is 0 Å². The van der Waals surface area contributed by atoms with Crippen LogP contribution in [0.25, 0.3) is 0 Å². The number of hydrogen-bond donors (Lipinski definition) is 4. The van der Waals surface area contributed by atoms with Crippen LogP contribution in [-0.2, 0) is 16.1 Å². The van der Waals surface area contributed by atoms with Crippen molar-refractivity contribution in [2.24, 2.45) is 0 Å². The van der Waals surface area contributed by atoms with E-state index in [2.05, 4.69) is 16.0 Å². The maximum absolute atomic E-state index is 13.5. The van der Waals surface area contributed by atoms with E-state index < -0.39 is 41.6 Å². The summed E-state index contributed by atoms with van der Waals surface area (Å²) in [6.45, 7) is 0.977. The molecular weight excluding hydrogens is 377 g/mol. The molecule has 4 amide bonds. The van der Waals surface area contributed by atoms with Gasteiger partial charge in [0.1, 0.15) is 0 Å². The van der Waals surface area contributed by atoms with Gasteiger partial charge in [-0.2, -0.15) is 0 Å². The Labute approximate surface area is 158 Å². The first-order chi connectivity index (χ1) is 13.3. The number of urea groups is 1. The summed E-state index contributed by atoms with van der Waals surface area (Å²) in [4.78, 5) is 34.5. The molecule has 0 atom stereocenters. The van der Waals surface area contributed by atoms with Crippen molar-refractivity contribution in [1.82, 2.24) is 10.6 Å². The Morgan fingerprint density at radius 3 is 2.39 bits per heavy atom. The molecule has 0 unspecified atom stereocenters. The van der Waals surface area contributed by atoms with E-state index in [1.165, 1.54) is 6.92 Å². The monoisotopic (exact) mass is 394 g/mol. The fourth-order valence-electron chi connectivity index (χ4n) is 2.18. The molecule has 7 nitrogen and oxygen atoms in total. The fourth-order valence-corrected chi connectivity index (χ4v) is 2.18. The quantitative estimate of drug-likeness (QED) is 0.567. The Bertz CT molecular complexity index is 906. The normalized spacial score (nSPS) is 10.1. The van der Waals surface area contributed by atoms with Crippen LogP contribution in [0.5, 0.6) is 0 Å². The highest BCUT2D eigenvalue weighted by molar-refractivity contribution is 5.94. The molecule has 0 aliphatic heterocycles. The number of amides is 4. The first-order valence-electron chi connectivity index (χ1n) is 8.08. The maximum Gasteiger partial charge on any atom is 0.315 e. The Balaban J connectivity index is 1.80.